The van der Waals surface area contributed by atoms with Crippen LogP contribution in [0, 0.1) is 5.82 Å². The van der Waals surface area contributed by atoms with Crippen LogP contribution in [0.5, 0.6) is 0 Å². The molecule has 0 unspecified atom stereocenters. The summed E-state index contributed by atoms with van der Waals surface area (Å²) >= 11 is 3.21. The average Bonchev–Trinajstić information content (AvgIpc) is 2.33. The van der Waals surface area contributed by atoms with Gasteiger partial charge < -0.3 is 10.6 Å². The molecule has 88 valence electrons. The molecule has 0 aliphatic heterocycles. The van der Waals surface area contributed by atoms with Crippen molar-refractivity contribution in [3.8, 4) is 0 Å². The third-order valence-corrected chi connectivity index (χ3v) is 2.73. The number of nitrogens with one attached hydrogen (secondary N) is 2. The van der Waals surface area contributed by atoms with Gasteiger partial charge in [-0.25, -0.2) is 4.39 Å². The predicted octanol–water partition coefficient (Wildman–Crippen LogP) is 3.77. The monoisotopic (exact) mass is 295 g/mol. The number of benzene rings is 1. The van der Waals surface area contributed by atoms with E-state index in [1.54, 1.807) is 31.6 Å². The van der Waals surface area contributed by atoms with Crippen LogP contribution in [0.25, 0.3) is 0 Å². The van der Waals surface area contributed by atoms with Crippen molar-refractivity contribution in [2.24, 2.45) is 0 Å². The van der Waals surface area contributed by atoms with Gasteiger partial charge in [0.15, 0.2) is 0 Å². The molecule has 17 heavy (non-hydrogen) atoms. The molecule has 2 rings (SSSR count). The number of rotatable bonds is 3. The summed E-state index contributed by atoms with van der Waals surface area (Å²) < 4.78 is 14.3. The highest BCUT2D eigenvalue weighted by Crippen LogP contribution is 2.23. The second-order valence-electron chi connectivity index (χ2n) is 3.46. The van der Waals surface area contributed by atoms with Crippen molar-refractivity contribution in [1.29, 1.82) is 0 Å². The molecular formula is C12H11BrFN3. The molecular weight excluding hydrogens is 285 g/mol. The molecule has 3 nitrogen and oxygen atoms in total. The largest absolute Gasteiger partial charge is 0.387 e. The van der Waals surface area contributed by atoms with Crippen LogP contribution in [0.3, 0.4) is 0 Å². The Bertz CT molecular complexity index is 531. The molecule has 5 heteroatoms. The van der Waals surface area contributed by atoms with Crippen LogP contribution < -0.4 is 10.6 Å². The van der Waals surface area contributed by atoms with Gasteiger partial charge in [-0.1, -0.05) is 15.9 Å². The highest BCUT2D eigenvalue weighted by molar-refractivity contribution is 9.10. The van der Waals surface area contributed by atoms with E-state index in [-0.39, 0.29) is 5.82 Å². The maximum absolute atomic E-state index is 13.6. The van der Waals surface area contributed by atoms with Crippen molar-refractivity contribution in [2.75, 3.05) is 17.7 Å². The van der Waals surface area contributed by atoms with E-state index >= 15 is 0 Å². The molecule has 0 fully saturated rings. The number of hydrogen-bond donors (Lipinski definition) is 2. The van der Waals surface area contributed by atoms with Gasteiger partial charge in [-0.3, -0.25) is 4.98 Å². The van der Waals surface area contributed by atoms with Crippen molar-refractivity contribution in [1.82, 2.24) is 4.98 Å². The topological polar surface area (TPSA) is 37.0 Å². The lowest BCUT2D eigenvalue weighted by atomic mass is 10.3. The minimum Gasteiger partial charge on any atom is -0.387 e. The normalized spacial score (nSPS) is 10.1. The Morgan fingerprint density at radius 3 is 2.65 bits per heavy atom. The van der Waals surface area contributed by atoms with Crippen LogP contribution in [0.2, 0.25) is 0 Å². The van der Waals surface area contributed by atoms with Gasteiger partial charge in [0.05, 0.1) is 29.5 Å². The number of aromatic nitrogens is 1. The van der Waals surface area contributed by atoms with E-state index in [0.717, 1.165) is 11.4 Å². The van der Waals surface area contributed by atoms with Gasteiger partial charge in [0.2, 0.25) is 0 Å². The van der Waals surface area contributed by atoms with Gasteiger partial charge in [0, 0.05) is 11.5 Å². The van der Waals surface area contributed by atoms with E-state index in [1.165, 1.54) is 6.07 Å². The van der Waals surface area contributed by atoms with E-state index in [4.69, 9.17) is 0 Å². The highest BCUT2D eigenvalue weighted by atomic mass is 79.9. The minimum atomic E-state index is -0.311. The lowest BCUT2D eigenvalue weighted by Gasteiger charge is -2.08. The number of nitrogens with zero attached hydrogens (tertiary/aromatic N) is 1. The van der Waals surface area contributed by atoms with Crippen LogP contribution in [0.15, 0.2) is 41.1 Å². The van der Waals surface area contributed by atoms with Gasteiger partial charge in [0.1, 0.15) is 5.82 Å². The number of halogens is 2. The molecule has 0 bridgehead atoms. The van der Waals surface area contributed by atoms with E-state index in [2.05, 4.69) is 31.5 Å². The second-order valence-corrected chi connectivity index (χ2v) is 4.38. The van der Waals surface area contributed by atoms with E-state index in [0.29, 0.717) is 10.2 Å². The van der Waals surface area contributed by atoms with Crippen molar-refractivity contribution in [3.63, 3.8) is 0 Å². The first-order chi connectivity index (χ1) is 8.19. The maximum atomic E-state index is 13.6. The molecule has 0 saturated heterocycles. The lowest BCUT2D eigenvalue weighted by Crippen LogP contribution is -1.96. The molecule has 1 aromatic heterocycles. The summed E-state index contributed by atoms with van der Waals surface area (Å²) in [6.07, 6.45) is 3.34. The van der Waals surface area contributed by atoms with Gasteiger partial charge in [0.25, 0.3) is 0 Å². The van der Waals surface area contributed by atoms with Crippen LogP contribution >= 0.6 is 15.9 Å². The fourth-order valence-electron chi connectivity index (χ4n) is 1.39. The first-order valence-electron chi connectivity index (χ1n) is 5.04. The zero-order valence-corrected chi connectivity index (χ0v) is 10.8. The lowest BCUT2D eigenvalue weighted by molar-refractivity contribution is 0.631. The Balaban J connectivity index is 2.25. The number of hydrogen-bond acceptors (Lipinski definition) is 3. The SMILES string of the molecule is CNc1cncc(Nc2ccc(Br)cc2F)c1. The van der Waals surface area contributed by atoms with Crippen molar-refractivity contribution in [3.05, 3.63) is 46.9 Å². The zero-order valence-electron chi connectivity index (χ0n) is 9.17. The molecule has 1 heterocycles. The highest BCUT2D eigenvalue weighted by Gasteiger charge is 2.03. The van der Waals surface area contributed by atoms with Crippen LogP contribution in [-0.2, 0) is 0 Å². The molecule has 1 aromatic carbocycles. The van der Waals surface area contributed by atoms with Gasteiger partial charge in [-0.2, -0.15) is 0 Å². The van der Waals surface area contributed by atoms with Gasteiger partial charge in [-0.15, -0.1) is 0 Å². The molecule has 0 saturated carbocycles. The van der Waals surface area contributed by atoms with E-state index in [1.807, 2.05) is 6.07 Å². The summed E-state index contributed by atoms with van der Waals surface area (Å²) in [5.41, 5.74) is 2.02. The predicted molar refractivity (Wildman–Crippen MR) is 71.2 cm³/mol. The fraction of sp³-hybridized carbons (Fsp3) is 0.0833. The Labute approximate surface area is 107 Å². The molecule has 0 spiro atoms. The molecule has 0 amide bonds. The molecule has 0 aliphatic rings. The summed E-state index contributed by atoms with van der Waals surface area (Å²) in [7, 11) is 1.81. The smallest absolute Gasteiger partial charge is 0.147 e. The van der Waals surface area contributed by atoms with Crippen LogP contribution in [0.1, 0.15) is 0 Å². The minimum absolute atomic E-state index is 0.311. The third-order valence-electron chi connectivity index (χ3n) is 2.24. The first-order valence-corrected chi connectivity index (χ1v) is 5.83. The molecule has 0 atom stereocenters. The Morgan fingerprint density at radius 1 is 1.18 bits per heavy atom. The van der Waals surface area contributed by atoms with E-state index in [9.17, 15) is 4.39 Å². The van der Waals surface area contributed by atoms with Gasteiger partial charge in [-0.05, 0) is 24.3 Å². The first kappa shape index (κ1) is 11.9. The second kappa shape index (κ2) is 5.14. The molecule has 2 N–H and O–H groups in total. The Kier molecular flexibility index (Phi) is 3.58. The van der Waals surface area contributed by atoms with Crippen molar-refractivity contribution < 1.29 is 4.39 Å². The number of anilines is 3. The third kappa shape index (κ3) is 2.94. The standard InChI is InChI=1S/C12H11BrFN3/c1-15-9-5-10(7-16-6-9)17-12-3-2-8(13)4-11(12)14/h2-7,15,17H,1H3. The molecule has 0 aliphatic carbocycles. The summed E-state index contributed by atoms with van der Waals surface area (Å²) in [5.74, 6) is -0.311. The summed E-state index contributed by atoms with van der Waals surface area (Å²) in [6, 6.07) is 6.72. The molecule has 0 radical (unpaired) electrons. The number of pyridine rings is 1. The average molecular weight is 296 g/mol. The zero-order chi connectivity index (χ0) is 12.3. The fourth-order valence-corrected chi connectivity index (χ4v) is 1.72. The summed E-state index contributed by atoms with van der Waals surface area (Å²) in [5, 5.41) is 5.95. The van der Waals surface area contributed by atoms with Crippen LogP contribution in [-0.4, -0.2) is 12.0 Å². The van der Waals surface area contributed by atoms with Crippen molar-refractivity contribution >= 4 is 33.0 Å². The van der Waals surface area contributed by atoms with Gasteiger partial charge >= 0.3 is 0 Å². The summed E-state index contributed by atoms with van der Waals surface area (Å²) in [4.78, 5) is 4.04. The Hall–Kier alpha value is -1.62. The van der Waals surface area contributed by atoms with Crippen LogP contribution in [0.4, 0.5) is 21.5 Å². The molecule has 2 aromatic rings. The maximum Gasteiger partial charge on any atom is 0.147 e. The summed E-state index contributed by atoms with van der Waals surface area (Å²) in [6.45, 7) is 0. The van der Waals surface area contributed by atoms with E-state index < -0.39 is 0 Å². The Morgan fingerprint density at radius 2 is 1.94 bits per heavy atom. The quantitative estimate of drug-likeness (QED) is 0.905. The van der Waals surface area contributed by atoms with Crippen molar-refractivity contribution in [2.45, 2.75) is 0 Å².